The first-order valence-corrected chi connectivity index (χ1v) is 11.5. The highest BCUT2D eigenvalue weighted by molar-refractivity contribution is 6.34. The number of ether oxygens (including phenoxy) is 3. The molecule has 3 aromatic rings. The van der Waals surface area contributed by atoms with Crippen LogP contribution in [-0.2, 0) is 6.54 Å². The number of halogens is 1. The van der Waals surface area contributed by atoms with Crippen molar-refractivity contribution in [1.82, 2.24) is 25.2 Å². The average Bonchev–Trinajstić information content (AvgIpc) is 2.86. The Balaban J connectivity index is 1.13. The van der Waals surface area contributed by atoms with Gasteiger partial charge in [-0.05, 0) is 6.07 Å². The number of fused-ring (bicyclic) bond motifs is 2. The lowest BCUT2D eigenvalue weighted by atomic mass is 10.2. The first-order chi connectivity index (χ1) is 16.2. The molecule has 10 heteroatoms. The van der Waals surface area contributed by atoms with Crippen molar-refractivity contribution in [3.05, 3.63) is 41.4 Å². The third kappa shape index (κ3) is 4.90. The zero-order valence-electron chi connectivity index (χ0n) is 18.6. The van der Waals surface area contributed by atoms with Crippen molar-refractivity contribution in [3.63, 3.8) is 0 Å². The van der Waals surface area contributed by atoms with Crippen molar-refractivity contribution in [1.29, 1.82) is 0 Å². The molecule has 174 valence electrons. The highest BCUT2D eigenvalue weighted by Crippen LogP contribution is 2.34. The van der Waals surface area contributed by atoms with E-state index in [1.807, 2.05) is 12.1 Å². The van der Waals surface area contributed by atoms with Crippen LogP contribution in [0.15, 0.2) is 30.7 Å². The molecule has 33 heavy (non-hydrogen) atoms. The zero-order valence-corrected chi connectivity index (χ0v) is 19.3. The Bertz CT molecular complexity index is 1120. The Morgan fingerprint density at radius 3 is 2.61 bits per heavy atom. The maximum absolute atomic E-state index is 6.55. The first-order valence-electron chi connectivity index (χ1n) is 11.1. The van der Waals surface area contributed by atoms with Gasteiger partial charge in [-0.2, -0.15) is 0 Å². The molecule has 0 saturated carbocycles. The van der Waals surface area contributed by atoms with Gasteiger partial charge in [-0.25, -0.2) is 9.97 Å². The molecule has 5 heterocycles. The molecule has 1 N–H and O–H groups in total. The Morgan fingerprint density at radius 2 is 1.79 bits per heavy atom. The molecule has 2 aliphatic rings. The fraction of sp³-hybridized carbons (Fsp3) is 0.435. The summed E-state index contributed by atoms with van der Waals surface area (Å²) in [5.74, 6) is 2.20. The highest BCUT2D eigenvalue weighted by Gasteiger charge is 2.22. The van der Waals surface area contributed by atoms with Crippen molar-refractivity contribution >= 4 is 28.3 Å². The monoisotopic (exact) mass is 470 g/mol. The predicted molar refractivity (Wildman–Crippen MR) is 127 cm³/mol. The van der Waals surface area contributed by atoms with Crippen LogP contribution in [0.1, 0.15) is 5.69 Å². The summed E-state index contributed by atoms with van der Waals surface area (Å²) in [6.45, 7) is 7.41. The van der Waals surface area contributed by atoms with E-state index in [4.69, 9.17) is 25.8 Å². The summed E-state index contributed by atoms with van der Waals surface area (Å²) in [5.41, 5.74) is 2.61. The van der Waals surface area contributed by atoms with Gasteiger partial charge in [0.1, 0.15) is 19.0 Å². The van der Waals surface area contributed by atoms with Crippen LogP contribution >= 0.6 is 11.6 Å². The minimum Gasteiger partial charge on any atom is -0.495 e. The second kappa shape index (κ2) is 9.94. The number of nitrogens with zero attached hydrogens (tertiary/aromatic N) is 5. The van der Waals surface area contributed by atoms with Crippen LogP contribution in [0, 0.1) is 0 Å². The molecule has 1 saturated heterocycles. The Kier molecular flexibility index (Phi) is 6.61. The van der Waals surface area contributed by atoms with E-state index in [0.717, 1.165) is 67.5 Å². The molecule has 0 amide bonds. The van der Waals surface area contributed by atoms with Gasteiger partial charge in [0.2, 0.25) is 0 Å². The van der Waals surface area contributed by atoms with Crippen LogP contribution in [0.2, 0.25) is 5.02 Å². The van der Waals surface area contributed by atoms with Crippen molar-refractivity contribution in [2.45, 2.75) is 6.54 Å². The molecule has 3 aromatic heterocycles. The predicted octanol–water partition coefficient (Wildman–Crippen LogP) is 2.37. The molecule has 0 aliphatic carbocycles. The Hall–Kier alpha value is -2.88. The fourth-order valence-electron chi connectivity index (χ4n) is 4.19. The maximum Gasteiger partial charge on any atom is 0.179 e. The first kappa shape index (κ1) is 21.9. The maximum atomic E-state index is 6.55. The van der Waals surface area contributed by atoms with Gasteiger partial charge in [-0.15, -0.1) is 0 Å². The van der Waals surface area contributed by atoms with Gasteiger partial charge in [0.25, 0.3) is 0 Å². The standard InChI is InChI=1S/C23H27ClN6O3/c1-31-17-11-18-22(19(24)14-28-23(18)27-13-17)30-6-4-29(5-7-30)3-2-25-12-16-10-20-21(15-26-16)33-9-8-32-20/h10-11,13-15,25H,2-9,12H2,1H3. The van der Waals surface area contributed by atoms with Gasteiger partial charge >= 0.3 is 0 Å². The molecule has 9 nitrogen and oxygen atoms in total. The lowest BCUT2D eigenvalue weighted by molar-refractivity contribution is 0.170. The molecule has 5 rings (SSSR count). The molecule has 2 aliphatic heterocycles. The van der Waals surface area contributed by atoms with Crippen molar-refractivity contribution < 1.29 is 14.2 Å². The van der Waals surface area contributed by atoms with Gasteiger partial charge in [0.05, 0.1) is 42.1 Å². The number of hydrogen-bond donors (Lipinski definition) is 1. The summed E-state index contributed by atoms with van der Waals surface area (Å²) < 4.78 is 16.5. The van der Waals surface area contributed by atoms with E-state index >= 15 is 0 Å². The van der Waals surface area contributed by atoms with Crippen LogP contribution in [0.3, 0.4) is 0 Å². The lowest BCUT2D eigenvalue weighted by Crippen LogP contribution is -2.48. The third-order valence-corrected chi connectivity index (χ3v) is 6.22. The number of methoxy groups -OCH3 is 1. The van der Waals surface area contributed by atoms with Crippen LogP contribution < -0.4 is 24.4 Å². The molecule has 0 spiro atoms. The van der Waals surface area contributed by atoms with E-state index in [1.54, 1.807) is 25.7 Å². The van der Waals surface area contributed by atoms with Gasteiger partial charge in [-0.3, -0.25) is 9.88 Å². The number of pyridine rings is 3. The smallest absolute Gasteiger partial charge is 0.179 e. The number of piperazine rings is 1. The molecular formula is C23H27ClN6O3. The third-order valence-electron chi connectivity index (χ3n) is 5.94. The number of nitrogens with one attached hydrogen (secondary N) is 1. The second-order valence-electron chi connectivity index (χ2n) is 8.03. The summed E-state index contributed by atoms with van der Waals surface area (Å²) >= 11 is 6.55. The van der Waals surface area contributed by atoms with Gasteiger partial charge < -0.3 is 24.4 Å². The van der Waals surface area contributed by atoms with E-state index in [0.29, 0.717) is 36.2 Å². The van der Waals surface area contributed by atoms with Crippen LogP contribution in [-0.4, -0.2) is 79.4 Å². The summed E-state index contributed by atoms with van der Waals surface area (Å²) in [6.07, 6.45) is 5.10. The molecule has 0 radical (unpaired) electrons. The molecule has 0 bridgehead atoms. The molecule has 0 aromatic carbocycles. The molecule has 0 atom stereocenters. The van der Waals surface area contributed by atoms with Gasteiger partial charge in [0.15, 0.2) is 17.1 Å². The summed E-state index contributed by atoms with van der Waals surface area (Å²) in [4.78, 5) is 18.0. The largest absolute Gasteiger partial charge is 0.495 e. The van der Waals surface area contributed by atoms with E-state index in [9.17, 15) is 0 Å². The fourth-order valence-corrected chi connectivity index (χ4v) is 4.46. The van der Waals surface area contributed by atoms with Crippen molar-refractivity contribution in [2.75, 3.05) is 64.5 Å². The van der Waals surface area contributed by atoms with Crippen LogP contribution in [0.4, 0.5) is 5.69 Å². The normalized spacial score (nSPS) is 16.2. The van der Waals surface area contributed by atoms with E-state index in [2.05, 4.69) is 30.1 Å². The molecule has 0 unspecified atom stereocenters. The van der Waals surface area contributed by atoms with E-state index in [-0.39, 0.29) is 0 Å². The Morgan fingerprint density at radius 1 is 1.00 bits per heavy atom. The number of hydrogen-bond acceptors (Lipinski definition) is 9. The second-order valence-corrected chi connectivity index (χ2v) is 8.43. The van der Waals surface area contributed by atoms with Gasteiger partial charge in [-0.1, -0.05) is 11.6 Å². The topological polar surface area (TPSA) is 84.9 Å². The molecular weight excluding hydrogens is 444 g/mol. The van der Waals surface area contributed by atoms with Crippen LogP contribution in [0.25, 0.3) is 11.0 Å². The summed E-state index contributed by atoms with van der Waals surface area (Å²) in [5, 5.41) is 5.04. The number of anilines is 1. The van der Waals surface area contributed by atoms with Gasteiger partial charge in [0, 0.05) is 57.3 Å². The number of aromatic nitrogens is 3. The average molecular weight is 471 g/mol. The summed E-state index contributed by atoms with van der Waals surface area (Å²) in [7, 11) is 1.64. The van der Waals surface area contributed by atoms with E-state index in [1.165, 1.54) is 0 Å². The van der Waals surface area contributed by atoms with Crippen molar-refractivity contribution in [3.8, 4) is 17.2 Å². The van der Waals surface area contributed by atoms with E-state index < -0.39 is 0 Å². The minimum atomic E-state index is 0.578. The minimum absolute atomic E-state index is 0.578. The Labute approximate surface area is 197 Å². The quantitative estimate of drug-likeness (QED) is 0.523. The lowest BCUT2D eigenvalue weighted by Gasteiger charge is -2.36. The number of rotatable bonds is 7. The zero-order chi connectivity index (χ0) is 22.6. The summed E-state index contributed by atoms with van der Waals surface area (Å²) in [6, 6.07) is 3.91. The van der Waals surface area contributed by atoms with Crippen molar-refractivity contribution in [2.24, 2.45) is 0 Å². The highest BCUT2D eigenvalue weighted by atomic mass is 35.5. The van der Waals surface area contributed by atoms with Crippen LogP contribution in [0.5, 0.6) is 17.2 Å². The SMILES string of the molecule is COc1cnc2ncc(Cl)c(N3CCN(CCNCc4cc5c(cn4)OCCO5)CC3)c2c1. The molecule has 1 fully saturated rings.